The van der Waals surface area contributed by atoms with E-state index in [-0.39, 0.29) is 6.10 Å². The lowest BCUT2D eigenvalue weighted by molar-refractivity contribution is -0.131. The van der Waals surface area contributed by atoms with Gasteiger partial charge in [0, 0.05) is 6.08 Å². The molecule has 0 saturated heterocycles. The summed E-state index contributed by atoms with van der Waals surface area (Å²) >= 11 is 0. The summed E-state index contributed by atoms with van der Waals surface area (Å²) in [7, 11) is 0. The molecule has 0 aliphatic heterocycles. The summed E-state index contributed by atoms with van der Waals surface area (Å²) in [5.41, 5.74) is 0. The molecule has 0 radical (unpaired) electrons. The average molecular weight is 298 g/mol. The smallest absolute Gasteiger partial charge is 0.327 e. The molecule has 0 aliphatic carbocycles. The van der Waals surface area contributed by atoms with Crippen LogP contribution >= 0.6 is 0 Å². The molecular formula is C18H34O3. The third-order valence-electron chi connectivity index (χ3n) is 3.81. The van der Waals surface area contributed by atoms with Crippen molar-refractivity contribution in [2.24, 2.45) is 0 Å². The van der Waals surface area contributed by atoms with Gasteiger partial charge < -0.3 is 10.2 Å². The van der Waals surface area contributed by atoms with Crippen molar-refractivity contribution in [2.75, 3.05) is 0 Å². The van der Waals surface area contributed by atoms with Crippen LogP contribution in [-0.2, 0) is 4.79 Å². The zero-order valence-electron chi connectivity index (χ0n) is 13.7. The SMILES string of the molecule is CCCCCCC(O)CCCCCCCC/C=C\C(=O)O. The van der Waals surface area contributed by atoms with E-state index in [0.717, 1.165) is 32.1 Å². The van der Waals surface area contributed by atoms with Crippen LogP contribution < -0.4 is 0 Å². The van der Waals surface area contributed by atoms with E-state index < -0.39 is 5.97 Å². The number of aliphatic carboxylic acids is 1. The lowest BCUT2D eigenvalue weighted by atomic mass is 10.0. The average Bonchev–Trinajstić information content (AvgIpc) is 2.45. The minimum absolute atomic E-state index is 0.0944. The maximum Gasteiger partial charge on any atom is 0.327 e. The largest absolute Gasteiger partial charge is 0.478 e. The molecule has 0 aromatic rings. The Balaban J connectivity index is 3.19. The van der Waals surface area contributed by atoms with Crippen molar-refractivity contribution in [1.29, 1.82) is 0 Å². The highest BCUT2D eigenvalue weighted by molar-refractivity contribution is 5.79. The fourth-order valence-electron chi connectivity index (χ4n) is 2.48. The van der Waals surface area contributed by atoms with Gasteiger partial charge in [-0.1, -0.05) is 70.8 Å². The van der Waals surface area contributed by atoms with Crippen LogP contribution in [0.15, 0.2) is 12.2 Å². The van der Waals surface area contributed by atoms with Crippen molar-refractivity contribution in [3.8, 4) is 0 Å². The van der Waals surface area contributed by atoms with Gasteiger partial charge in [0.25, 0.3) is 0 Å². The Labute approximate surface area is 130 Å². The highest BCUT2D eigenvalue weighted by Crippen LogP contribution is 2.13. The van der Waals surface area contributed by atoms with E-state index in [2.05, 4.69) is 6.92 Å². The Kier molecular flexibility index (Phi) is 14.9. The molecule has 0 rings (SSSR count). The lowest BCUT2D eigenvalue weighted by Crippen LogP contribution is -2.05. The van der Waals surface area contributed by atoms with Crippen molar-refractivity contribution in [3.63, 3.8) is 0 Å². The molecule has 2 N–H and O–H groups in total. The third-order valence-corrected chi connectivity index (χ3v) is 3.81. The van der Waals surface area contributed by atoms with Gasteiger partial charge in [-0.05, 0) is 25.7 Å². The van der Waals surface area contributed by atoms with E-state index in [0.29, 0.717) is 0 Å². The molecule has 3 heteroatoms. The second-order valence-corrected chi connectivity index (χ2v) is 5.94. The molecule has 0 bridgehead atoms. The zero-order valence-corrected chi connectivity index (χ0v) is 13.7. The van der Waals surface area contributed by atoms with E-state index >= 15 is 0 Å². The van der Waals surface area contributed by atoms with Gasteiger partial charge in [0.15, 0.2) is 0 Å². The van der Waals surface area contributed by atoms with Crippen LogP contribution in [0.25, 0.3) is 0 Å². The maximum atomic E-state index is 10.3. The third kappa shape index (κ3) is 17.1. The van der Waals surface area contributed by atoms with Crippen molar-refractivity contribution >= 4 is 5.97 Å². The van der Waals surface area contributed by atoms with E-state index in [1.54, 1.807) is 6.08 Å². The first kappa shape index (κ1) is 20.2. The van der Waals surface area contributed by atoms with Crippen molar-refractivity contribution in [3.05, 3.63) is 12.2 Å². The zero-order chi connectivity index (χ0) is 15.8. The Hall–Kier alpha value is -0.830. The van der Waals surface area contributed by atoms with Gasteiger partial charge in [-0.25, -0.2) is 4.79 Å². The highest BCUT2D eigenvalue weighted by Gasteiger charge is 2.03. The standard InChI is InChI=1S/C18H34O3/c1-2-3-4-11-14-17(19)15-12-9-7-5-6-8-10-13-16-18(20)21/h13,16-17,19H,2-12,14-15H2,1H3,(H,20,21)/b16-13-. The number of allylic oxidation sites excluding steroid dienone is 1. The minimum atomic E-state index is -0.858. The molecule has 3 nitrogen and oxygen atoms in total. The van der Waals surface area contributed by atoms with E-state index in [9.17, 15) is 9.90 Å². The monoisotopic (exact) mass is 298 g/mol. The second-order valence-electron chi connectivity index (χ2n) is 5.94. The van der Waals surface area contributed by atoms with Crippen LogP contribution in [0.1, 0.15) is 90.4 Å². The fraction of sp³-hybridized carbons (Fsp3) is 0.833. The Morgan fingerprint density at radius 2 is 1.43 bits per heavy atom. The Morgan fingerprint density at radius 3 is 2.00 bits per heavy atom. The maximum absolute atomic E-state index is 10.3. The molecule has 1 atom stereocenters. The summed E-state index contributed by atoms with van der Waals surface area (Å²) in [6.45, 7) is 2.21. The van der Waals surface area contributed by atoms with Gasteiger partial charge in [-0.3, -0.25) is 0 Å². The second kappa shape index (κ2) is 15.6. The predicted octanol–water partition coefficient (Wildman–Crippen LogP) is 5.08. The molecule has 0 aromatic heterocycles. The van der Waals surface area contributed by atoms with Crippen molar-refractivity contribution in [2.45, 2.75) is 96.5 Å². The topological polar surface area (TPSA) is 57.5 Å². The van der Waals surface area contributed by atoms with Crippen LogP contribution in [0.3, 0.4) is 0 Å². The number of aliphatic hydroxyl groups is 1. The molecule has 0 amide bonds. The molecular weight excluding hydrogens is 264 g/mol. The van der Waals surface area contributed by atoms with E-state index in [1.807, 2.05) is 0 Å². The van der Waals surface area contributed by atoms with E-state index in [4.69, 9.17) is 5.11 Å². The normalized spacial score (nSPS) is 12.9. The Morgan fingerprint density at radius 1 is 0.905 bits per heavy atom. The number of unbranched alkanes of at least 4 members (excludes halogenated alkanes) is 9. The number of carboxylic acids is 1. The van der Waals surface area contributed by atoms with Crippen LogP contribution in [0.5, 0.6) is 0 Å². The van der Waals surface area contributed by atoms with Crippen LogP contribution in [0, 0.1) is 0 Å². The summed E-state index contributed by atoms with van der Waals surface area (Å²) in [6.07, 6.45) is 17.6. The lowest BCUT2D eigenvalue weighted by Gasteiger charge is -2.09. The molecule has 21 heavy (non-hydrogen) atoms. The van der Waals surface area contributed by atoms with Crippen molar-refractivity contribution in [1.82, 2.24) is 0 Å². The predicted molar refractivity (Wildman–Crippen MR) is 88.5 cm³/mol. The van der Waals surface area contributed by atoms with Crippen LogP contribution in [0.2, 0.25) is 0 Å². The number of carboxylic acid groups (broad SMARTS) is 1. The number of carbonyl (C=O) groups is 1. The van der Waals surface area contributed by atoms with Gasteiger partial charge >= 0.3 is 5.97 Å². The molecule has 1 unspecified atom stereocenters. The first-order chi connectivity index (χ1) is 10.2. The summed E-state index contributed by atoms with van der Waals surface area (Å²) in [4.78, 5) is 10.3. The van der Waals surface area contributed by atoms with Gasteiger partial charge in [-0.2, -0.15) is 0 Å². The summed E-state index contributed by atoms with van der Waals surface area (Å²) < 4.78 is 0. The number of hydrogen-bond donors (Lipinski definition) is 2. The molecule has 0 aliphatic rings. The minimum Gasteiger partial charge on any atom is -0.478 e. The Bertz CT molecular complexity index is 261. The van der Waals surface area contributed by atoms with Crippen molar-refractivity contribution < 1.29 is 15.0 Å². The molecule has 0 saturated carbocycles. The first-order valence-corrected chi connectivity index (χ1v) is 8.74. The molecule has 0 spiro atoms. The molecule has 0 heterocycles. The summed E-state index contributed by atoms with van der Waals surface area (Å²) in [5.74, 6) is -0.858. The van der Waals surface area contributed by atoms with Crippen LogP contribution in [-0.4, -0.2) is 22.3 Å². The van der Waals surface area contributed by atoms with Gasteiger partial charge in [0.1, 0.15) is 0 Å². The van der Waals surface area contributed by atoms with Gasteiger partial charge in [0.05, 0.1) is 6.10 Å². The fourth-order valence-corrected chi connectivity index (χ4v) is 2.48. The quantitative estimate of drug-likeness (QED) is 0.327. The highest BCUT2D eigenvalue weighted by atomic mass is 16.4. The first-order valence-electron chi connectivity index (χ1n) is 8.74. The van der Waals surface area contributed by atoms with Gasteiger partial charge in [-0.15, -0.1) is 0 Å². The summed E-state index contributed by atoms with van der Waals surface area (Å²) in [5, 5.41) is 18.3. The molecule has 0 fully saturated rings. The van der Waals surface area contributed by atoms with Crippen LogP contribution in [0.4, 0.5) is 0 Å². The number of aliphatic hydroxyl groups excluding tert-OH is 1. The molecule has 124 valence electrons. The molecule has 0 aromatic carbocycles. The van der Waals surface area contributed by atoms with Gasteiger partial charge in [0.2, 0.25) is 0 Å². The number of rotatable bonds is 15. The summed E-state index contributed by atoms with van der Waals surface area (Å²) in [6, 6.07) is 0. The van der Waals surface area contributed by atoms with E-state index in [1.165, 1.54) is 57.4 Å². The number of hydrogen-bond acceptors (Lipinski definition) is 2.